The maximum Gasteiger partial charge on any atom is 0.253 e. The molecule has 0 aromatic heterocycles. The lowest BCUT2D eigenvalue weighted by Crippen LogP contribution is -2.55. The van der Waals surface area contributed by atoms with Crippen LogP contribution in [0.5, 0.6) is 0 Å². The first-order chi connectivity index (χ1) is 18.9. The summed E-state index contributed by atoms with van der Waals surface area (Å²) in [5.41, 5.74) is 2.68. The number of carbonyl (C=O) groups excluding carboxylic acids is 4. The number of rotatable bonds is 4. The van der Waals surface area contributed by atoms with E-state index in [0.717, 1.165) is 23.2 Å². The van der Waals surface area contributed by atoms with E-state index < -0.39 is 23.4 Å². The monoisotopic (exact) mass is 520 g/mol. The molecule has 0 bridgehead atoms. The van der Waals surface area contributed by atoms with E-state index in [-0.39, 0.29) is 36.7 Å². The van der Waals surface area contributed by atoms with Gasteiger partial charge in [-0.1, -0.05) is 66.7 Å². The summed E-state index contributed by atoms with van der Waals surface area (Å²) in [5, 5.41) is 3.39. The van der Waals surface area contributed by atoms with Crippen molar-refractivity contribution in [2.45, 2.75) is 31.5 Å². The number of imide groups is 1. The SMILES string of the molecule is CC1NC2(C(=O)N(CC(=O)N3CCc4ccccc43)c3ccccc32)C2C(=O)N(Cc3ccccc3)C(=O)C12. The quantitative estimate of drug-likeness (QED) is 0.535. The molecule has 4 amide bonds. The van der Waals surface area contributed by atoms with Crippen molar-refractivity contribution in [1.82, 2.24) is 10.2 Å². The van der Waals surface area contributed by atoms with Crippen molar-refractivity contribution >= 4 is 35.0 Å². The third-order valence-corrected chi connectivity index (χ3v) is 8.77. The molecule has 1 N–H and O–H groups in total. The number of fused-ring (bicyclic) bond motifs is 5. The van der Waals surface area contributed by atoms with Gasteiger partial charge in [-0.25, -0.2) is 0 Å². The first-order valence-electron chi connectivity index (χ1n) is 13.4. The number of nitrogens with zero attached hydrogens (tertiary/aromatic N) is 3. The third-order valence-electron chi connectivity index (χ3n) is 8.77. The highest BCUT2D eigenvalue weighted by atomic mass is 16.2. The van der Waals surface area contributed by atoms with Crippen molar-refractivity contribution in [3.8, 4) is 0 Å². The maximum absolute atomic E-state index is 14.4. The van der Waals surface area contributed by atoms with E-state index in [1.54, 1.807) is 4.90 Å². The molecule has 3 aromatic rings. The highest BCUT2D eigenvalue weighted by Crippen LogP contribution is 2.54. The fraction of sp³-hybridized carbons (Fsp3) is 0.290. The predicted molar refractivity (Wildman–Crippen MR) is 145 cm³/mol. The van der Waals surface area contributed by atoms with Gasteiger partial charge in [-0.05, 0) is 36.6 Å². The molecule has 8 heteroatoms. The van der Waals surface area contributed by atoms with Gasteiger partial charge in [0.15, 0.2) is 0 Å². The van der Waals surface area contributed by atoms with Crippen LogP contribution in [0.25, 0.3) is 0 Å². The fourth-order valence-corrected chi connectivity index (χ4v) is 7.07. The van der Waals surface area contributed by atoms with Crippen molar-refractivity contribution in [1.29, 1.82) is 0 Å². The van der Waals surface area contributed by atoms with Crippen LogP contribution in [0.1, 0.15) is 23.6 Å². The van der Waals surface area contributed by atoms with Crippen molar-refractivity contribution in [3.05, 3.63) is 95.6 Å². The van der Waals surface area contributed by atoms with Gasteiger partial charge in [-0.2, -0.15) is 0 Å². The zero-order valence-electron chi connectivity index (χ0n) is 21.5. The highest BCUT2D eigenvalue weighted by molar-refractivity contribution is 6.17. The lowest BCUT2D eigenvalue weighted by atomic mass is 9.76. The minimum atomic E-state index is -1.40. The molecule has 2 saturated heterocycles. The number of likely N-dealkylation sites (tertiary alicyclic amines) is 1. The Bertz CT molecular complexity index is 1540. The second kappa shape index (κ2) is 8.61. The van der Waals surface area contributed by atoms with Gasteiger partial charge in [0, 0.05) is 29.5 Å². The van der Waals surface area contributed by atoms with Crippen molar-refractivity contribution in [3.63, 3.8) is 0 Å². The Balaban J connectivity index is 1.24. The molecule has 7 rings (SSSR count). The summed E-state index contributed by atoms with van der Waals surface area (Å²) in [4.78, 5) is 60.1. The third kappa shape index (κ3) is 3.27. The summed E-state index contributed by atoms with van der Waals surface area (Å²) in [6.07, 6.45) is 0.771. The minimum Gasteiger partial charge on any atom is -0.310 e. The lowest BCUT2D eigenvalue weighted by molar-refractivity contribution is -0.143. The van der Waals surface area contributed by atoms with Crippen LogP contribution >= 0.6 is 0 Å². The van der Waals surface area contributed by atoms with Crippen molar-refractivity contribution in [2.24, 2.45) is 11.8 Å². The van der Waals surface area contributed by atoms with Crippen LogP contribution in [0.2, 0.25) is 0 Å². The lowest BCUT2D eigenvalue weighted by Gasteiger charge is -2.30. The molecule has 2 fully saturated rings. The molecule has 3 aromatic carbocycles. The molecule has 4 aliphatic rings. The topological polar surface area (TPSA) is 90.0 Å². The molecule has 39 heavy (non-hydrogen) atoms. The number of para-hydroxylation sites is 2. The second-order valence-corrected chi connectivity index (χ2v) is 10.8. The van der Waals surface area contributed by atoms with E-state index >= 15 is 0 Å². The molecule has 0 aliphatic carbocycles. The van der Waals surface area contributed by atoms with Crippen LogP contribution < -0.4 is 15.1 Å². The molecule has 4 unspecified atom stereocenters. The van der Waals surface area contributed by atoms with Crippen molar-refractivity contribution < 1.29 is 19.2 Å². The normalized spacial score (nSPS) is 26.9. The molecular formula is C31H28N4O4. The Morgan fingerprint density at radius 2 is 1.56 bits per heavy atom. The summed E-state index contributed by atoms with van der Waals surface area (Å²) in [6, 6.07) is 24.1. The Kier molecular flexibility index (Phi) is 5.25. The molecular weight excluding hydrogens is 492 g/mol. The van der Waals surface area contributed by atoms with E-state index in [1.807, 2.05) is 85.8 Å². The van der Waals surface area contributed by atoms with E-state index in [9.17, 15) is 19.2 Å². The Labute approximate surface area is 226 Å². The predicted octanol–water partition coefficient (Wildman–Crippen LogP) is 2.61. The van der Waals surface area contributed by atoms with Gasteiger partial charge < -0.3 is 9.80 Å². The van der Waals surface area contributed by atoms with Gasteiger partial charge in [0.1, 0.15) is 12.1 Å². The van der Waals surface area contributed by atoms with Crippen LogP contribution in [0.15, 0.2) is 78.9 Å². The van der Waals surface area contributed by atoms with Crippen LogP contribution in [-0.2, 0) is 37.7 Å². The first-order valence-corrected chi connectivity index (χ1v) is 13.4. The fourth-order valence-electron chi connectivity index (χ4n) is 7.07. The van der Waals surface area contributed by atoms with Crippen LogP contribution in [-0.4, -0.2) is 47.7 Å². The number of carbonyl (C=O) groups is 4. The summed E-state index contributed by atoms with van der Waals surface area (Å²) in [6.45, 7) is 2.44. The maximum atomic E-state index is 14.4. The number of nitrogens with one attached hydrogen (secondary N) is 1. The molecule has 0 saturated carbocycles. The van der Waals surface area contributed by atoms with Crippen molar-refractivity contribution in [2.75, 3.05) is 22.9 Å². The standard InChI is InChI=1S/C31H28N4O4/c1-19-26-27(29(38)35(28(26)37)17-20-9-3-2-4-10-20)31(32-19)22-12-6-8-14-24(22)34(30(31)39)18-25(36)33-16-15-21-11-5-7-13-23(21)33/h2-14,19,26-27,32H,15-18H2,1H3. The van der Waals surface area contributed by atoms with Gasteiger partial charge in [-0.15, -0.1) is 0 Å². The second-order valence-electron chi connectivity index (χ2n) is 10.8. The Hall–Kier alpha value is -4.30. The number of hydrogen-bond acceptors (Lipinski definition) is 5. The van der Waals surface area contributed by atoms with E-state index in [2.05, 4.69) is 5.32 Å². The molecule has 0 radical (unpaired) electrons. The van der Waals surface area contributed by atoms with Crippen LogP contribution in [0, 0.1) is 11.8 Å². The minimum absolute atomic E-state index is 0.144. The number of amides is 4. The number of benzene rings is 3. The zero-order valence-corrected chi connectivity index (χ0v) is 21.5. The van der Waals surface area contributed by atoms with Gasteiger partial charge in [-0.3, -0.25) is 29.4 Å². The van der Waals surface area contributed by atoms with E-state index in [1.165, 1.54) is 9.80 Å². The molecule has 196 valence electrons. The number of anilines is 2. The molecule has 4 heterocycles. The summed E-state index contributed by atoms with van der Waals surface area (Å²) in [5.74, 6) is -2.70. The van der Waals surface area contributed by atoms with E-state index in [0.29, 0.717) is 17.8 Å². The van der Waals surface area contributed by atoms with Gasteiger partial charge in [0.05, 0.1) is 18.4 Å². The van der Waals surface area contributed by atoms with Crippen LogP contribution in [0.3, 0.4) is 0 Å². The van der Waals surface area contributed by atoms with Gasteiger partial charge >= 0.3 is 0 Å². The first kappa shape index (κ1) is 23.8. The molecule has 4 aliphatic heterocycles. The largest absolute Gasteiger partial charge is 0.310 e. The molecule has 4 atom stereocenters. The average molecular weight is 521 g/mol. The summed E-state index contributed by atoms with van der Waals surface area (Å²) in [7, 11) is 0. The summed E-state index contributed by atoms with van der Waals surface area (Å²) >= 11 is 0. The Morgan fingerprint density at radius 1 is 0.872 bits per heavy atom. The Morgan fingerprint density at radius 3 is 2.36 bits per heavy atom. The average Bonchev–Trinajstić information content (AvgIpc) is 3.65. The number of hydrogen-bond donors (Lipinski definition) is 1. The smallest absolute Gasteiger partial charge is 0.253 e. The van der Waals surface area contributed by atoms with E-state index in [4.69, 9.17) is 0 Å². The summed E-state index contributed by atoms with van der Waals surface area (Å²) < 4.78 is 0. The van der Waals surface area contributed by atoms with Crippen LogP contribution in [0.4, 0.5) is 11.4 Å². The van der Waals surface area contributed by atoms with Gasteiger partial charge in [0.25, 0.3) is 5.91 Å². The zero-order chi connectivity index (χ0) is 26.9. The molecule has 8 nitrogen and oxygen atoms in total. The molecule has 1 spiro atoms. The highest BCUT2D eigenvalue weighted by Gasteiger charge is 2.70. The van der Waals surface area contributed by atoms with Gasteiger partial charge in [0.2, 0.25) is 17.7 Å².